The van der Waals surface area contributed by atoms with Crippen LogP contribution in [0.1, 0.15) is 47.4 Å². The molecule has 2 aromatic rings. The number of halogens is 1. The molecule has 164 valence electrons. The van der Waals surface area contributed by atoms with Gasteiger partial charge in [-0.2, -0.15) is 0 Å². The van der Waals surface area contributed by atoms with E-state index < -0.39 is 0 Å². The number of likely N-dealkylation sites (tertiary alicyclic amines) is 1. The third-order valence-electron chi connectivity index (χ3n) is 5.29. The summed E-state index contributed by atoms with van der Waals surface area (Å²) in [4.78, 5) is 39.4. The molecule has 31 heavy (non-hydrogen) atoms. The van der Waals surface area contributed by atoms with Crippen molar-refractivity contribution in [2.45, 2.75) is 26.7 Å². The Morgan fingerprint density at radius 2 is 1.71 bits per heavy atom. The lowest BCUT2D eigenvalue weighted by molar-refractivity contribution is -0.121. The van der Waals surface area contributed by atoms with Crippen LogP contribution in [0.5, 0.6) is 0 Å². The third-order valence-corrected chi connectivity index (χ3v) is 5.52. The first-order valence-electron chi connectivity index (χ1n) is 10.6. The molecule has 0 saturated carbocycles. The SMILES string of the molecule is CC(C)CNC(=O)c1cccc(NC(=O)C2CCN(C(=O)c3cccc(Cl)c3)CC2)c1. The number of nitrogens with zero attached hydrogens (tertiary/aromatic N) is 1. The zero-order valence-corrected chi connectivity index (χ0v) is 18.6. The number of carbonyl (C=O) groups excluding carboxylic acids is 3. The van der Waals surface area contributed by atoms with E-state index in [0.717, 1.165) is 0 Å². The number of hydrogen-bond acceptors (Lipinski definition) is 3. The Balaban J connectivity index is 1.54. The van der Waals surface area contributed by atoms with Gasteiger partial charge in [-0.15, -0.1) is 0 Å². The van der Waals surface area contributed by atoms with Gasteiger partial charge in [0.05, 0.1) is 0 Å². The van der Waals surface area contributed by atoms with Crippen LogP contribution < -0.4 is 10.6 Å². The van der Waals surface area contributed by atoms with E-state index in [4.69, 9.17) is 11.6 Å². The number of benzene rings is 2. The highest BCUT2D eigenvalue weighted by Crippen LogP contribution is 2.22. The molecule has 0 unspecified atom stereocenters. The van der Waals surface area contributed by atoms with Crippen LogP contribution in [-0.4, -0.2) is 42.3 Å². The van der Waals surface area contributed by atoms with E-state index in [-0.39, 0.29) is 23.6 Å². The predicted octanol–water partition coefficient (Wildman–Crippen LogP) is 4.22. The summed E-state index contributed by atoms with van der Waals surface area (Å²) < 4.78 is 0. The molecule has 1 fully saturated rings. The molecule has 0 aliphatic carbocycles. The van der Waals surface area contributed by atoms with Gasteiger partial charge in [0.15, 0.2) is 0 Å². The molecule has 0 radical (unpaired) electrons. The maximum absolute atomic E-state index is 12.7. The molecule has 1 heterocycles. The smallest absolute Gasteiger partial charge is 0.253 e. The Morgan fingerprint density at radius 1 is 1.03 bits per heavy atom. The highest BCUT2D eigenvalue weighted by molar-refractivity contribution is 6.30. The van der Waals surface area contributed by atoms with Crippen molar-refractivity contribution < 1.29 is 14.4 Å². The third kappa shape index (κ3) is 6.31. The van der Waals surface area contributed by atoms with Gasteiger partial charge >= 0.3 is 0 Å². The summed E-state index contributed by atoms with van der Waals surface area (Å²) in [6.45, 7) is 5.69. The first-order chi connectivity index (χ1) is 14.8. The van der Waals surface area contributed by atoms with Crippen LogP contribution in [0, 0.1) is 11.8 Å². The molecular formula is C24H28ClN3O3. The second-order valence-corrected chi connectivity index (χ2v) is 8.69. The molecule has 0 aromatic heterocycles. The van der Waals surface area contributed by atoms with Gasteiger partial charge in [-0.3, -0.25) is 14.4 Å². The highest BCUT2D eigenvalue weighted by Gasteiger charge is 2.28. The van der Waals surface area contributed by atoms with Crippen molar-refractivity contribution in [3.8, 4) is 0 Å². The summed E-state index contributed by atoms with van der Waals surface area (Å²) in [7, 11) is 0. The minimum Gasteiger partial charge on any atom is -0.352 e. The maximum atomic E-state index is 12.7. The van der Waals surface area contributed by atoms with Crippen molar-refractivity contribution in [2.24, 2.45) is 11.8 Å². The average Bonchev–Trinajstić information content (AvgIpc) is 2.77. The first kappa shape index (κ1) is 22.8. The summed E-state index contributed by atoms with van der Waals surface area (Å²) in [5.74, 6) is -0.126. The van der Waals surface area contributed by atoms with Crippen molar-refractivity contribution in [2.75, 3.05) is 25.0 Å². The van der Waals surface area contributed by atoms with Gasteiger partial charge in [0.25, 0.3) is 11.8 Å². The standard InChI is InChI=1S/C24H28ClN3O3/c1-16(2)15-26-22(29)18-5-4-8-21(14-18)27-23(30)17-9-11-28(12-10-17)24(31)19-6-3-7-20(25)13-19/h3-8,13-14,16-17H,9-12,15H2,1-2H3,(H,26,29)(H,27,30). The Labute approximate surface area is 188 Å². The average molecular weight is 442 g/mol. The topological polar surface area (TPSA) is 78.5 Å². The predicted molar refractivity (Wildman–Crippen MR) is 122 cm³/mol. The molecule has 7 heteroatoms. The van der Waals surface area contributed by atoms with Crippen LogP contribution in [0.2, 0.25) is 5.02 Å². The molecule has 2 N–H and O–H groups in total. The molecule has 3 rings (SSSR count). The Bertz CT molecular complexity index is 953. The number of hydrogen-bond donors (Lipinski definition) is 2. The number of rotatable bonds is 6. The van der Waals surface area contributed by atoms with Crippen molar-refractivity contribution >= 4 is 35.0 Å². The minimum atomic E-state index is -0.179. The lowest BCUT2D eigenvalue weighted by Gasteiger charge is -2.31. The quantitative estimate of drug-likeness (QED) is 0.704. The zero-order valence-electron chi connectivity index (χ0n) is 17.9. The monoisotopic (exact) mass is 441 g/mol. The Hall–Kier alpha value is -2.86. The van der Waals surface area contributed by atoms with Crippen LogP contribution in [0.3, 0.4) is 0 Å². The fourth-order valence-corrected chi connectivity index (χ4v) is 3.72. The number of amides is 3. The number of anilines is 1. The summed E-state index contributed by atoms with van der Waals surface area (Å²) in [5.41, 5.74) is 1.67. The van der Waals surface area contributed by atoms with E-state index in [1.165, 1.54) is 0 Å². The van der Waals surface area contributed by atoms with Crippen LogP contribution >= 0.6 is 11.6 Å². The molecule has 6 nitrogen and oxygen atoms in total. The first-order valence-corrected chi connectivity index (χ1v) is 10.9. The lowest BCUT2D eigenvalue weighted by Crippen LogP contribution is -2.41. The molecule has 3 amide bonds. The van der Waals surface area contributed by atoms with Crippen molar-refractivity contribution in [1.82, 2.24) is 10.2 Å². The van der Waals surface area contributed by atoms with Gasteiger partial charge < -0.3 is 15.5 Å². The summed E-state index contributed by atoms with van der Waals surface area (Å²) in [6.07, 6.45) is 1.18. The van der Waals surface area contributed by atoms with E-state index >= 15 is 0 Å². The van der Waals surface area contributed by atoms with E-state index in [1.807, 2.05) is 13.8 Å². The number of piperidine rings is 1. The van der Waals surface area contributed by atoms with Gasteiger partial charge in [-0.25, -0.2) is 0 Å². The van der Waals surface area contributed by atoms with E-state index in [1.54, 1.807) is 53.4 Å². The van der Waals surface area contributed by atoms with Crippen LogP contribution in [0.15, 0.2) is 48.5 Å². The fourth-order valence-electron chi connectivity index (χ4n) is 3.53. The molecule has 0 bridgehead atoms. The summed E-state index contributed by atoms with van der Waals surface area (Å²) in [5, 5.41) is 6.32. The normalized spacial score (nSPS) is 14.4. The second kappa shape index (κ2) is 10.4. The number of nitrogens with one attached hydrogen (secondary N) is 2. The zero-order chi connectivity index (χ0) is 22.4. The lowest BCUT2D eigenvalue weighted by atomic mass is 9.95. The van der Waals surface area contributed by atoms with Crippen LogP contribution in [0.4, 0.5) is 5.69 Å². The molecule has 2 aromatic carbocycles. The van der Waals surface area contributed by atoms with Gasteiger partial charge in [-0.1, -0.05) is 37.6 Å². The Kier molecular flexibility index (Phi) is 7.69. The Morgan fingerprint density at radius 3 is 2.39 bits per heavy atom. The summed E-state index contributed by atoms with van der Waals surface area (Å²) in [6, 6.07) is 13.8. The van der Waals surface area contributed by atoms with E-state index in [2.05, 4.69) is 10.6 Å². The number of carbonyl (C=O) groups is 3. The maximum Gasteiger partial charge on any atom is 0.253 e. The molecule has 1 aliphatic rings. The molecule has 1 saturated heterocycles. The second-order valence-electron chi connectivity index (χ2n) is 8.25. The van der Waals surface area contributed by atoms with Crippen molar-refractivity contribution in [3.05, 3.63) is 64.7 Å². The van der Waals surface area contributed by atoms with Crippen LogP contribution in [0.25, 0.3) is 0 Å². The van der Waals surface area contributed by atoms with E-state index in [0.29, 0.717) is 60.2 Å². The van der Waals surface area contributed by atoms with Crippen molar-refractivity contribution in [3.63, 3.8) is 0 Å². The largest absolute Gasteiger partial charge is 0.352 e. The molecule has 0 atom stereocenters. The van der Waals surface area contributed by atoms with Gasteiger partial charge in [-0.05, 0) is 55.2 Å². The van der Waals surface area contributed by atoms with Crippen molar-refractivity contribution in [1.29, 1.82) is 0 Å². The van der Waals surface area contributed by atoms with Crippen LogP contribution in [-0.2, 0) is 4.79 Å². The highest BCUT2D eigenvalue weighted by atomic mass is 35.5. The van der Waals surface area contributed by atoms with Gasteiger partial charge in [0.1, 0.15) is 0 Å². The van der Waals surface area contributed by atoms with E-state index in [9.17, 15) is 14.4 Å². The molecule has 1 aliphatic heterocycles. The molecule has 0 spiro atoms. The fraction of sp³-hybridized carbons (Fsp3) is 0.375. The van der Waals surface area contributed by atoms with Gasteiger partial charge in [0.2, 0.25) is 5.91 Å². The molecular weight excluding hydrogens is 414 g/mol. The minimum absolute atomic E-state index is 0.0681. The summed E-state index contributed by atoms with van der Waals surface area (Å²) >= 11 is 5.98. The van der Waals surface area contributed by atoms with Gasteiger partial charge in [0, 0.05) is 47.4 Å².